The number of ether oxygens (including phenoxy) is 1. The van der Waals surface area contributed by atoms with Crippen LogP contribution in [0.1, 0.15) is 34.1 Å². The fraction of sp³-hybridized carbons (Fsp3) is 0.278. The van der Waals surface area contributed by atoms with E-state index in [2.05, 4.69) is 15.6 Å². The van der Waals surface area contributed by atoms with Gasteiger partial charge in [-0.05, 0) is 50.1 Å². The third-order valence-electron chi connectivity index (χ3n) is 3.41. The van der Waals surface area contributed by atoms with E-state index in [1.54, 1.807) is 25.3 Å². The number of carbonyl (C=O) groups excluding carboxylic acids is 2. The lowest BCUT2D eigenvalue weighted by Crippen LogP contribution is -2.24. The van der Waals surface area contributed by atoms with Crippen molar-refractivity contribution in [2.24, 2.45) is 0 Å². The van der Waals surface area contributed by atoms with E-state index < -0.39 is 6.09 Å². The van der Waals surface area contributed by atoms with Gasteiger partial charge in [-0.15, -0.1) is 0 Å². The number of rotatable bonds is 5. The molecule has 1 aromatic carbocycles. The van der Waals surface area contributed by atoms with E-state index in [1.165, 1.54) is 0 Å². The Morgan fingerprint density at radius 3 is 2.71 bits per heavy atom. The zero-order valence-electron chi connectivity index (χ0n) is 14.1. The summed E-state index contributed by atoms with van der Waals surface area (Å²) in [4.78, 5) is 27.9. The van der Waals surface area contributed by atoms with Crippen molar-refractivity contribution in [3.63, 3.8) is 0 Å². The minimum Gasteiger partial charge on any atom is -0.450 e. The molecule has 1 aromatic heterocycles. The molecule has 0 saturated carbocycles. The van der Waals surface area contributed by atoms with Crippen molar-refractivity contribution in [1.82, 2.24) is 10.3 Å². The summed E-state index contributed by atoms with van der Waals surface area (Å²) in [6, 6.07) is 9.17. The van der Waals surface area contributed by atoms with Gasteiger partial charge in [-0.3, -0.25) is 9.78 Å². The number of pyridine rings is 1. The Bertz CT molecular complexity index is 744. The minimum atomic E-state index is -0.510. The first-order valence-electron chi connectivity index (χ1n) is 7.73. The van der Waals surface area contributed by atoms with E-state index in [9.17, 15) is 9.59 Å². The maximum atomic E-state index is 12.4. The van der Waals surface area contributed by atoms with Gasteiger partial charge >= 0.3 is 6.09 Å². The summed E-state index contributed by atoms with van der Waals surface area (Å²) < 4.78 is 4.79. The molecular weight excluding hydrogens is 306 g/mol. The van der Waals surface area contributed by atoms with Gasteiger partial charge < -0.3 is 15.4 Å². The highest BCUT2D eigenvalue weighted by molar-refractivity contribution is 6.04. The molecule has 24 heavy (non-hydrogen) atoms. The van der Waals surface area contributed by atoms with Crippen LogP contribution in [0.15, 0.2) is 36.5 Å². The van der Waals surface area contributed by atoms with E-state index in [1.807, 2.05) is 32.0 Å². The fourth-order valence-corrected chi connectivity index (χ4v) is 2.13. The second-order valence-electron chi connectivity index (χ2n) is 5.38. The Balaban J connectivity index is 2.06. The lowest BCUT2D eigenvalue weighted by molar-refractivity contribution is 0.102. The molecule has 0 radical (unpaired) electrons. The maximum Gasteiger partial charge on any atom is 0.407 e. The van der Waals surface area contributed by atoms with Gasteiger partial charge in [-0.1, -0.05) is 12.1 Å². The standard InChI is InChI=1S/C18H21N3O3/c1-4-24-18(23)20-11-15-10-14(7-8-19-15)17(22)21-16-9-12(2)5-6-13(16)3/h5-10H,4,11H2,1-3H3,(H,20,23)(H,21,22). The van der Waals surface area contributed by atoms with Crippen LogP contribution in [0.4, 0.5) is 10.5 Å². The third kappa shape index (κ3) is 4.81. The summed E-state index contributed by atoms with van der Waals surface area (Å²) in [6.45, 7) is 6.15. The molecule has 6 heteroatoms. The van der Waals surface area contributed by atoms with Crippen LogP contribution in [0.2, 0.25) is 0 Å². The van der Waals surface area contributed by atoms with Crippen molar-refractivity contribution in [3.05, 3.63) is 58.9 Å². The minimum absolute atomic E-state index is 0.198. The molecule has 2 N–H and O–H groups in total. The number of aromatic nitrogens is 1. The molecular formula is C18H21N3O3. The van der Waals surface area contributed by atoms with E-state index in [0.29, 0.717) is 17.9 Å². The number of hydrogen-bond acceptors (Lipinski definition) is 4. The average molecular weight is 327 g/mol. The number of hydrogen-bond donors (Lipinski definition) is 2. The molecule has 0 fully saturated rings. The molecule has 2 aromatic rings. The van der Waals surface area contributed by atoms with Crippen molar-refractivity contribution >= 4 is 17.7 Å². The Kier molecular flexibility index (Phi) is 5.89. The monoisotopic (exact) mass is 327 g/mol. The van der Waals surface area contributed by atoms with E-state index in [0.717, 1.165) is 16.8 Å². The van der Waals surface area contributed by atoms with E-state index in [4.69, 9.17) is 4.74 Å². The van der Waals surface area contributed by atoms with Gasteiger partial charge in [0.25, 0.3) is 5.91 Å². The van der Waals surface area contributed by atoms with Crippen LogP contribution in [0.5, 0.6) is 0 Å². The quantitative estimate of drug-likeness (QED) is 0.884. The summed E-state index contributed by atoms with van der Waals surface area (Å²) in [7, 11) is 0. The fourth-order valence-electron chi connectivity index (χ4n) is 2.13. The molecule has 2 amide bonds. The molecule has 0 spiro atoms. The Morgan fingerprint density at radius 2 is 1.96 bits per heavy atom. The lowest BCUT2D eigenvalue weighted by atomic mass is 10.1. The lowest BCUT2D eigenvalue weighted by Gasteiger charge is -2.10. The third-order valence-corrected chi connectivity index (χ3v) is 3.41. The number of nitrogens with zero attached hydrogens (tertiary/aromatic N) is 1. The van der Waals surface area contributed by atoms with Gasteiger partial charge in [0, 0.05) is 17.4 Å². The summed E-state index contributed by atoms with van der Waals surface area (Å²) in [5, 5.41) is 5.48. The highest BCUT2D eigenvalue weighted by Gasteiger charge is 2.10. The largest absolute Gasteiger partial charge is 0.450 e. The number of benzene rings is 1. The number of nitrogens with one attached hydrogen (secondary N) is 2. The first-order valence-corrected chi connectivity index (χ1v) is 7.73. The first-order chi connectivity index (χ1) is 11.5. The molecule has 126 valence electrons. The van der Waals surface area contributed by atoms with Crippen LogP contribution in [-0.4, -0.2) is 23.6 Å². The average Bonchev–Trinajstić information content (AvgIpc) is 2.57. The van der Waals surface area contributed by atoms with Crippen LogP contribution in [0, 0.1) is 13.8 Å². The number of aryl methyl sites for hydroxylation is 2. The van der Waals surface area contributed by atoms with Gasteiger partial charge in [0.15, 0.2) is 0 Å². The van der Waals surface area contributed by atoms with Crippen LogP contribution < -0.4 is 10.6 Å². The zero-order valence-corrected chi connectivity index (χ0v) is 14.1. The highest BCUT2D eigenvalue weighted by Crippen LogP contribution is 2.17. The van der Waals surface area contributed by atoms with Crippen LogP contribution in [0.25, 0.3) is 0 Å². The number of amides is 2. The maximum absolute atomic E-state index is 12.4. The van der Waals surface area contributed by atoms with Gasteiger partial charge in [0.1, 0.15) is 0 Å². The summed E-state index contributed by atoms with van der Waals surface area (Å²) in [6.07, 6.45) is 1.03. The van der Waals surface area contributed by atoms with Crippen LogP contribution >= 0.6 is 0 Å². The molecule has 1 heterocycles. The molecule has 0 bridgehead atoms. The number of carbonyl (C=O) groups is 2. The zero-order chi connectivity index (χ0) is 17.5. The Hall–Kier alpha value is -2.89. The van der Waals surface area contributed by atoms with Gasteiger partial charge in [0.2, 0.25) is 0 Å². The summed E-state index contributed by atoms with van der Waals surface area (Å²) >= 11 is 0. The van der Waals surface area contributed by atoms with Gasteiger partial charge in [0.05, 0.1) is 18.8 Å². The molecule has 0 aliphatic carbocycles. The molecule has 0 aliphatic rings. The van der Waals surface area contributed by atoms with Crippen molar-refractivity contribution in [3.8, 4) is 0 Å². The molecule has 2 rings (SSSR count). The summed E-state index contributed by atoms with van der Waals surface area (Å²) in [5.41, 5.74) is 3.91. The predicted molar refractivity (Wildman–Crippen MR) is 92.0 cm³/mol. The molecule has 0 saturated heterocycles. The highest BCUT2D eigenvalue weighted by atomic mass is 16.5. The molecule has 6 nitrogen and oxygen atoms in total. The van der Waals surface area contributed by atoms with Gasteiger partial charge in [-0.25, -0.2) is 4.79 Å². The predicted octanol–water partition coefficient (Wildman–Crippen LogP) is 3.20. The second-order valence-corrected chi connectivity index (χ2v) is 5.38. The smallest absolute Gasteiger partial charge is 0.407 e. The van der Waals surface area contributed by atoms with Crippen molar-refractivity contribution < 1.29 is 14.3 Å². The topological polar surface area (TPSA) is 80.3 Å². The van der Waals surface area contributed by atoms with Crippen molar-refractivity contribution in [2.45, 2.75) is 27.3 Å². The van der Waals surface area contributed by atoms with Crippen LogP contribution in [-0.2, 0) is 11.3 Å². The van der Waals surface area contributed by atoms with E-state index in [-0.39, 0.29) is 12.5 Å². The Morgan fingerprint density at radius 1 is 1.17 bits per heavy atom. The Labute approximate surface area is 141 Å². The molecule has 0 aliphatic heterocycles. The second kappa shape index (κ2) is 8.10. The van der Waals surface area contributed by atoms with E-state index >= 15 is 0 Å². The number of alkyl carbamates (subject to hydrolysis) is 1. The summed E-state index contributed by atoms with van der Waals surface area (Å²) in [5.74, 6) is -0.219. The normalized spacial score (nSPS) is 10.1. The first kappa shape index (κ1) is 17.5. The van der Waals surface area contributed by atoms with Crippen molar-refractivity contribution in [1.29, 1.82) is 0 Å². The van der Waals surface area contributed by atoms with Crippen molar-refractivity contribution in [2.75, 3.05) is 11.9 Å². The molecule has 0 unspecified atom stereocenters. The SMILES string of the molecule is CCOC(=O)NCc1cc(C(=O)Nc2cc(C)ccc2C)ccn1. The molecule has 0 atom stereocenters. The van der Waals surface area contributed by atoms with Gasteiger partial charge in [-0.2, -0.15) is 0 Å². The number of anilines is 1. The van der Waals surface area contributed by atoms with Crippen LogP contribution in [0.3, 0.4) is 0 Å².